The summed E-state index contributed by atoms with van der Waals surface area (Å²) in [5, 5.41) is 4.05. The average Bonchev–Trinajstić information content (AvgIpc) is 3.35. The van der Waals surface area contributed by atoms with Gasteiger partial charge in [-0.3, -0.25) is 14.7 Å². The van der Waals surface area contributed by atoms with Crippen molar-refractivity contribution in [3.63, 3.8) is 0 Å². The van der Waals surface area contributed by atoms with Crippen LogP contribution in [0, 0.1) is 13.8 Å². The molecule has 5 rings (SSSR count). The first kappa shape index (κ1) is 24.0. The lowest BCUT2D eigenvalue weighted by Crippen LogP contribution is -2.29. The van der Waals surface area contributed by atoms with E-state index in [1.807, 2.05) is 48.7 Å². The molecule has 1 fully saturated rings. The van der Waals surface area contributed by atoms with Gasteiger partial charge in [0.2, 0.25) is 10.0 Å². The quantitative estimate of drug-likeness (QED) is 0.365. The second-order valence-electron chi connectivity index (χ2n) is 8.79. The van der Waals surface area contributed by atoms with E-state index in [9.17, 15) is 8.42 Å². The second kappa shape index (κ2) is 9.36. The molecule has 0 aliphatic carbocycles. The number of hydrogen-bond acceptors (Lipinski definition) is 5. The number of anilines is 2. The highest BCUT2D eigenvalue weighted by Gasteiger charge is 2.42. The van der Waals surface area contributed by atoms with Gasteiger partial charge in [-0.2, -0.15) is 0 Å². The Hall–Kier alpha value is -3.76. The van der Waals surface area contributed by atoms with E-state index in [0.717, 1.165) is 40.3 Å². The maximum atomic E-state index is 11.7. The van der Waals surface area contributed by atoms with Crippen molar-refractivity contribution in [1.82, 2.24) is 19.9 Å². The number of aryl methyl sites for hydroxylation is 1. The molecule has 36 heavy (non-hydrogen) atoms. The number of nitrogens with one attached hydrogen (secondary N) is 2. The fraction of sp³-hybridized carbons (Fsp3) is 0.192. The van der Waals surface area contributed by atoms with Gasteiger partial charge in [-0.05, 0) is 86.2 Å². The number of pyridine rings is 2. The third kappa shape index (κ3) is 4.57. The van der Waals surface area contributed by atoms with Crippen LogP contribution in [0.3, 0.4) is 0 Å². The number of sulfonamides is 1. The smallest absolute Gasteiger partial charge is 0.229 e. The van der Waals surface area contributed by atoms with Crippen LogP contribution in [0.4, 0.5) is 11.4 Å². The molecule has 8 nitrogen and oxygen atoms in total. The molecule has 184 valence electrons. The zero-order valence-electron chi connectivity index (χ0n) is 20.1. The lowest BCUT2D eigenvalue weighted by atomic mass is 9.96. The zero-order chi connectivity index (χ0) is 25.4. The summed E-state index contributed by atoms with van der Waals surface area (Å²) in [6, 6.07) is 18.9. The highest BCUT2D eigenvalue weighted by Crippen LogP contribution is 2.43. The topological polar surface area (TPSA) is 92.2 Å². The van der Waals surface area contributed by atoms with Gasteiger partial charge in [0.15, 0.2) is 5.11 Å². The van der Waals surface area contributed by atoms with Crippen molar-refractivity contribution in [1.29, 1.82) is 0 Å². The Bertz CT molecular complexity index is 1500. The molecular formula is C26H26N6O2S2. The summed E-state index contributed by atoms with van der Waals surface area (Å²) in [7, 11) is -3.37. The fourth-order valence-electron chi connectivity index (χ4n) is 4.82. The summed E-state index contributed by atoms with van der Waals surface area (Å²) in [5.41, 5.74) is 6.49. The average molecular weight is 519 g/mol. The fourth-order valence-corrected chi connectivity index (χ4v) is 5.73. The van der Waals surface area contributed by atoms with Crippen molar-refractivity contribution < 1.29 is 8.42 Å². The summed E-state index contributed by atoms with van der Waals surface area (Å²) in [6.07, 6.45) is 6.53. The third-order valence-corrected chi connectivity index (χ3v) is 7.16. The van der Waals surface area contributed by atoms with E-state index in [2.05, 4.69) is 49.4 Å². The molecule has 4 aromatic rings. The molecule has 0 bridgehead atoms. The van der Waals surface area contributed by atoms with Crippen LogP contribution in [0.1, 0.15) is 34.7 Å². The van der Waals surface area contributed by atoms with Crippen molar-refractivity contribution in [2.24, 2.45) is 0 Å². The Balaban J connectivity index is 1.62. The van der Waals surface area contributed by atoms with Crippen LogP contribution in [0.15, 0.2) is 79.3 Å². The number of thiocarbonyl (C=S) groups is 1. The van der Waals surface area contributed by atoms with Gasteiger partial charge in [0.05, 0.1) is 35.9 Å². The maximum absolute atomic E-state index is 11.7. The monoisotopic (exact) mass is 518 g/mol. The lowest BCUT2D eigenvalue weighted by Gasteiger charge is -2.28. The van der Waals surface area contributed by atoms with Gasteiger partial charge in [0.25, 0.3) is 0 Å². The van der Waals surface area contributed by atoms with Gasteiger partial charge < -0.3 is 14.8 Å². The Labute approximate surface area is 216 Å². The molecule has 10 heteroatoms. The summed E-state index contributed by atoms with van der Waals surface area (Å²) in [5.74, 6) is 0. The van der Waals surface area contributed by atoms with E-state index in [1.165, 1.54) is 0 Å². The summed E-state index contributed by atoms with van der Waals surface area (Å²) < 4.78 is 28.0. The van der Waals surface area contributed by atoms with Crippen LogP contribution in [0.2, 0.25) is 0 Å². The number of nitrogens with zero attached hydrogens (tertiary/aromatic N) is 4. The van der Waals surface area contributed by atoms with Crippen LogP contribution in [0.5, 0.6) is 0 Å². The first-order valence-corrected chi connectivity index (χ1v) is 13.7. The standard InChI is InChI=1S/C26H26N6O2S2/c1-17-15-22(18(2)31(17)21-7-6-13-27-16-21)25-24(23-8-4-5-14-28-23)29-26(35)32(25)20-11-9-19(10-12-20)30-36(3,33)34/h4-16,24-25,30H,1-3H3,(H,29,35)/t24-,25-/m1/s1. The zero-order valence-corrected chi connectivity index (χ0v) is 21.7. The lowest BCUT2D eigenvalue weighted by molar-refractivity contribution is 0.565. The van der Waals surface area contributed by atoms with Gasteiger partial charge in [-0.15, -0.1) is 0 Å². The van der Waals surface area contributed by atoms with E-state index in [0.29, 0.717) is 10.8 Å². The van der Waals surface area contributed by atoms with E-state index in [4.69, 9.17) is 12.2 Å². The minimum Gasteiger partial charge on any atom is -0.351 e. The van der Waals surface area contributed by atoms with Crippen LogP contribution in [-0.4, -0.2) is 34.3 Å². The molecular weight excluding hydrogens is 492 g/mol. The molecule has 0 radical (unpaired) electrons. The van der Waals surface area contributed by atoms with Gasteiger partial charge >= 0.3 is 0 Å². The Morgan fingerprint density at radius 3 is 2.42 bits per heavy atom. The number of aromatic nitrogens is 3. The van der Waals surface area contributed by atoms with Crippen LogP contribution in [-0.2, 0) is 10.0 Å². The van der Waals surface area contributed by atoms with Crippen molar-refractivity contribution >= 4 is 38.7 Å². The van der Waals surface area contributed by atoms with Crippen molar-refractivity contribution in [3.8, 4) is 5.69 Å². The highest BCUT2D eigenvalue weighted by molar-refractivity contribution is 7.92. The van der Waals surface area contributed by atoms with E-state index in [1.54, 1.807) is 24.5 Å². The summed E-state index contributed by atoms with van der Waals surface area (Å²) in [6.45, 7) is 4.18. The van der Waals surface area contributed by atoms with E-state index in [-0.39, 0.29) is 12.1 Å². The predicted molar refractivity (Wildman–Crippen MR) is 146 cm³/mol. The SMILES string of the molecule is Cc1cc([C@@H]2[C@@H](c3ccccn3)NC(=S)N2c2ccc(NS(C)(=O)=O)cc2)c(C)n1-c1cccnc1. The Morgan fingerprint density at radius 1 is 1.00 bits per heavy atom. The Morgan fingerprint density at radius 2 is 1.78 bits per heavy atom. The molecule has 2 atom stereocenters. The number of rotatable bonds is 6. The maximum Gasteiger partial charge on any atom is 0.229 e. The molecule has 1 aliphatic rings. The minimum atomic E-state index is -3.37. The normalized spacial score (nSPS) is 17.8. The largest absolute Gasteiger partial charge is 0.351 e. The van der Waals surface area contributed by atoms with Crippen molar-refractivity contribution in [2.75, 3.05) is 15.9 Å². The van der Waals surface area contributed by atoms with Crippen LogP contribution in [0.25, 0.3) is 5.69 Å². The highest BCUT2D eigenvalue weighted by atomic mass is 32.2. The number of benzene rings is 1. The molecule has 0 unspecified atom stereocenters. The van der Waals surface area contributed by atoms with Crippen LogP contribution < -0.4 is 14.9 Å². The third-order valence-electron chi connectivity index (χ3n) is 6.24. The van der Waals surface area contributed by atoms with Crippen molar-refractivity contribution in [3.05, 3.63) is 102 Å². The first-order valence-electron chi connectivity index (χ1n) is 11.4. The van der Waals surface area contributed by atoms with Gasteiger partial charge in [-0.25, -0.2) is 8.42 Å². The first-order chi connectivity index (χ1) is 17.2. The van der Waals surface area contributed by atoms with Crippen molar-refractivity contribution in [2.45, 2.75) is 25.9 Å². The number of hydrogen-bond donors (Lipinski definition) is 2. The molecule has 0 amide bonds. The molecule has 1 aromatic carbocycles. The predicted octanol–water partition coefficient (Wildman–Crippen LogP) is 4.43. The van der Waals surface area contributed by atoms with E-state index < -0.39 is 10.0 Å². The molecule has 0 saturated carbocycles. The molecule has 1 aliphatic heterocycles. The Kier molecular flexibility index (Phi) is 6.23. The van der Waals surface area contributed by atoms with E-state index >= 15 is 0 Å². The van der Waals surface area contributed by atoms with Gasteiger partial charge in [0.1, 0.15) is 0 Å². The summed E-state index contributed by atoms with van der Waals surface area (Å²) in [4.78, 5) is 11.0. The van der Waals surface area contributed by atoms with Gasteiger partial charge in [0, 0.05) is 35.2 Å². The summed E-state index contributed by atoms with van der Waals surface area (Å²) >= 11 is 5.83. The molecule has 3 aromatic heterocycles. The molecule has 4 heterocycles. The molecule has 1 saturated heterocycles. The van der Waals surface area contributed by atoms with Gasteiger partial charge in [-0.1, -0.05) is 6.07 Å². The second-order valence-corrected chi connectivity index (χ2v) is 10.9. The van der Waals surface area contributed by atoms with Crippen LogP contribution >= 0.6 is 12.2 Å². The minimum absolute atomic E-state index is 0.183. The molecule has 2 N–H and O–H groups in total. The molecule has 0 spiro atoms.